The minimum atomic E-state index is -0.993. The van der Waals surface area contributed by atoms with E-state index in [0.29, 0.717) is 17.4 Å². The lowest BCUT2D eigenvalue weighted by molar-refractivity contribution is 0.0696. The van der Waals surface area contributed by atoms with Crippen LogP contribution in [-0.2, 0) is 0 Å². The van der Waals surface area contributed by atoms with Gasteiger partial charge in [0, 0.05) is 17.4 Å². The van der Waals surface area contributed by atoms with E-state index in [2.05, 4.69) is 5.32 Å². The third-order valence-corrected chi connectivity index (χ3v) is 3.32. The Labute approximate surface area is 104 Å². The van der Waals surface area contributed by atoms with E-state index in [4.69, 9.17) is 5.11 Å². The van der Waals surface area contributed by atoms with Crippen LogP contribution in [0.15, 0.2) is 24.3 Å². The number of carbonyl (C=O) groups is 2. The summed E-state index contributed by atoms with van der Waals surface area (Å²) in [4.78, 5) is 22.3. The first kappa shape index (κ1) is 13.6. The fourth-order valence-electron chi connectivity index (χ4n) is 1.19. The number of rotatable bonds is 5. The van der Waals surface area contributed by atoms with Gasteiger partial charge in [-0.3, -0.25) is 4.79 Å². The smallest absolute Gasteiger partial charge is 0.335 e. The van der Waals surface area contributed by atoms with E-state index in [1.165, 1.54) is 24.3 Å². The van der Waals surface area contributed by atoms with E-state index in [9.17, 15) is 9.59 Å². The molecule has 0 fully saturated rings. The third-order valence-electron chi connectivity index (χ3n) is 2.35. The van der Waals surface area contributed by atoms with Gasteiger partial charge < -0.3 is 10.4 Å². The summed E-state index contributed by atoms with van der Waals surface area (Å²) >= 11 is 1.68. The summed E-state index contributed by atoms with van der Waals surface area (Å²) < 4.78 is 0. The second-order valence-electron chi connectivity index (χ2n) is 3.64. The molecule has 1 rings (SSSR count). The molecule has 0 heterocycles. The molecule has 1 amide bonds. The molecule has 0 bridgehead atoms. The van der Waals surface area contributed by atoms with E-state index in [-0.39, 0.29) is 11.5 Å². The Morgan fingerprint density at radius 1 is 1.29 bits per heavy atom. The molecule has 0 saturated heterocycles. The van der Waals surface area contributed by atoms with Crippen LogP contribution in [0, 0.1) is 0 Å². The molecular formula is C12H15NO3S. The highest BCUT2D eigenvalue weighted by Crippen LogP contribution is 2.06. The number of amides is 1. The average Bonchev–Trinajstić information content (AvgIpc) is 2.35. The Bertz CT molecular complexity index is 403. The van der Waals surface area contributed by atoms with Crippen molar-refractivity contribution in [3.8, 4) is 0 Å². The Kier molecular flexibility index (Phi) is 5.03. The summed E-state index contributed by atoms with van der Waals surface area (Å²) in [6.07, 6.45) is 1.98. The number of thioether (sulfide) groups is 1. The fourth-order valence-corrected chi connectivity index (χ4v) is 1.44. The van der Waals surface area contributed by atoms with E-state index in [0.717, 1.165) is 0 Å². The van der Waals surface area contributed by atoms with Gasteiger partial charge in [0.25, 0.3) is 5.91 Å². The molecule has 0 spiro atoms. The molecule has 0 aliphatic carbocycles. The number of hydrogen-bond acceptors (Lipinski definition) is 3. The van der Waals surface area contributed by atoms with Gasteiger partial charge in [-0.15, -0.1) is 0 Å². The molecule has 0 saturated carbocycles. The molecule has 0 aromatic heterocycles. The lowest BCUT2D eigenvalue weighted by Crippen LogP contribution is -2.29. The molecule has 1 aromatic carbocycles. The van der Waals surface area contributed by atoms with Crippen molar-refractivity contribution in [1.82, 2.24) is 5.32 Å². The van der Waals surface area contributed by atoms with Crippen molar-refractivity contribution >= 4 is 23.6 Å². The van der Waals surface area contributed by atoms with Crippen LogP contribution in [0.1, 0.15) is 27.6 Å². The molecule has 17 heavy (non-hydrogen) atoms. The van der Waals surface area contributed by atoms with E-state index >= 15 is 0 Å². The molecule has 5 heteroatoms. The normalized spacial score (nSPS) is 11.9. The van der Waals surface area contributed by atoms with Gasteiger partial charge in [-0.1, -0.05) is 6.92 Å². The number of carbonyl (C=O) groups excluding carboxylic acids is 1. The number of benzene rings is 1. The molecule has 0 aliphatic heterocycles. The van der Waals surface area contributed by atoms with Gasteiger partial charge >= 0.3 is 5.97 Å². The topological polar surface area (TPSA) is 66.4 Å². The van der Waals surface area contributed by atoms with Crippen molar-refractivity contribution in [2.24, 2.45) is 0 Å². The van der Waals surface area contributed by atoms with Crippen molar-refractivity contribution in [2.45, 2.75) is 12.2 Å². The summed E-state index contributed by atoms with van der Waals surface area (Å²) in [7, 11) is 0. The van der Waals surface area contributed by atoms with Gasteiger partial charge in [0.05, 0.1) is 5.56 Å². The van der Waals surface area contributed by atoms with Gasteiger partial charge in [0.2, 0.25) is 0 Å². The molecule has 0 aliphatic rings. The first-order chi connectivity index (χ1) is 8.04. The second-order valence-corrected chi connectivity index (χ2v) is 4.91. The van der Waals surface area contributed by atoms with Crippen LogP contribution in [0.25, 0.3) is 0 Å². The van der Waals surface area contributed by atoms with Crippen molar-refractivity contribution in [3.63, 3.8) is 0 Å². The number of carboxylic acids is 1. The SMILES string of the molecule is CSC(C)CNC(=O)c1ccc(C(=O)O)cc1. The van der Waals surface area contributed by atoms with Gasteiger partial charge in [-0.2, -0.15) is 11.8 Å². The highest BCUT2D eigenvalue weighted by molar-refractivity contribution is 7.99. The maximum absolute atomic E-state index is 11.7. The lowest BCUT2D eigenvalue weighted by Gasteiger charge is -2.09. The molecule has 1 unspecified atom stereocenters. The van der Waals surface area contributed by atoms with Gasteiger partial charge in [0.15, 0.2) is 0 Å². The van der Waals surface area contributed by atoms with Crippen LogP contribution in [0.4, 0.5) is 0 Å². The zero-order valence-electron chi connectivity index (χ0n) is 9.77. The quantitative estimate of drug-likeness (QED) is 0.840. The number of carboxylic acid groups (broad SMARTS) is 1. The van der Waals surface area contributed by atoms with Gasteiger partial charge in [-0.05, 0) is 30.5 Å². The first-order valence-electron chi connectivity index (χ1n) is 5.19. The van der Waals surface area contributed by atoms with Crippen molar-refractivity contribution < 1.29 is 14.7 Å². The van der Waals surface area contributed by atoms with Crippen molar-refractivity contribution in [2.75, 3.05) is 12.8 Å². The van der Waals surface area contributed by atoms with E-state index in [1.807, 2.05) is 13.2 Å². The first-order valence-corrected chi connectivity index (χ1v) is 6.47. The number of aromatic carboxylic acids is 1. The van der Waals surface area contributed by atoms with E-state index in [1.54, 1.807) is 11.8 Å². The highest BCUT2D eigenvalue weighted by Gasteiger charge is 2.08. The third kappa shape index (κ3) is 4.11. The van der Waals surface area contributed by atoms with Crippen LogP contribution in [0.3, 0.4) is 0 Å². The van der Waals surface area contributed by atoms with Gasteiger partial charge in [-0.25, -0.2) is 4.79 Å². The Morgan fingerprint density at radius 3 is 2.29 bits per heavy atom. The van der Waals surface area contributed by atoms with Crippen LogP contribution in [-0.4, -0.2) is 35.0 Å². The largest absolute Gasteiger partial charge is 0.478 e. The van der Waals surface area contributed by atoms with Crippen molar-refractivity contribution in [1.29, 1.82) is 0 Å². The number of hydrogen-bond donors (Lipinski definition) is 2. The zero-order valence-corrected chi connectivity index (χ0v) is 10.6. The minimum absolute atomic E-state index is 0.178. The molecule has 1 aromatic rings. The van der Waals surface area contributed by atoms with Crippen LogP contribution in [0.5, 0.6) is 0 Å². The number of nitrogens with one attached hydrogen (secondary N) is 1. The van der Waals surface area contributed by atoms with E-state index < -0.39 is 5.97 Å². The maximum atomic E-state index is 11.7. The predicted molar refractivity (Wildman–Crippen MR) is 68.7 cm³/mol. The Morgan fingerprint density at radius 2 is 1.82 bits per heavy atom. The van der Waals surface area contributed by atoms with Crippen LogP contribution in [0.2, 0.25) is 0 Å². The summed E-state index contributed by atoms with van der Waals surface area (Å²) in [6, 6.07) is 5.88. The summed E-state index contributed by atoms with van der Waals surface area (Å²) in [5.41, 5.74) is 0.655. The summed E-state index contributed by atoms with van der Waals surface area (Å²) in [6.45, 7) is 2.62. The maximum Gasteiger partial charge on any atom is 0.335 e. The lowest BCUT2D eigenvalue weighted by atomic mass is 10.1. The molecule has 92 valence electrons. The fraction of sp³-hybridized carbons (Fsp3) is 0.333. The highest BCUT2D eigenvalue weighted by atomic mass is 32.2. The summed E-state index contributed by atoms with van der Waals surface area (Å²) in [5, 5.41) is 11.9. The Balaban J connectivity index is 2.61. The van der Waals surface area contributed by atoms with Gasteiger partial charge in [0.1, 0.15) is 0 Å². The Hall–Kier alpha value is -1.49. The minimum Gasteiger partial charge on any atom is -0.478 e. The zero-order chi connectivity index (χ0) is 12.8. The molecule has 4 nitrogen and oxygen atoms in total. The van der Waals surface area contributed by atoms with Crippen LogP contribution < -0.4 is 5.32 Å². The molecular weight excluding hydrogens is 238 g/mol. The monoisotopic (exact) mass is 253 g/mol. The molecule has 1 atom stereocenters. The molecule has 2 N–H and O–H groups in total. The second kappa shape index (κ2) is 6.30. The van der Waals surface area contributed by atoms with Crippen LogP contribution >= 0.6 is 11.8 Å². The predicted octanol–water partition coefficient (Wildman–Crippen LogP) is 1.87. The average molecular weight is 253 g/mol. The van der Waals surface area contributed by atoms with Crippen molar-refractivity contribution in [3.05, 3.63) is 35.4 Å². The molecule has 0 radical (unpaired) electrons. The summed E-state index contributed by atoms with van der Waals surface area (Å²) in [5.74, 6) is -1.17. The standard InChI is InChI=1S/C12H15NO3S/c1-8(17-2)7-13-11(14)9-3-5-10(6-4-9)12(15)16/h3-6,8H,7H2,1-2H3,(H,13,14)(H,15,16).